The summed E-state index contributed by atoms with van der Waals surface area (Å²) < 4.78 is 0. The van der Waals surface area contributed by atoms with Gasteiger partial charge in [-0.05, 0) is 51.0 Å². The minimum absolute atomic E-state index is 0.446. The monoisotopic (exact) mass is 263 g/mol. The van der Waals surface area contributed by atoms with E-state index in [-0.39, 0.29) is 0 Å². The van der Waals surface area contributed by atoms with Gasteiger partial charge in [-0.15, -0.1) is 0 Å². The summed E-state index contributed by atoms with van der Waals surface area (Å²) in [5.74, 6) is 0. The van der Waals surface area contributed by atoms with Crippen molar-refractivity contribution < 1.29 is 0 Å². The quantitative estimate of drug-likeness (QED) is 0.823. The molecule has 1 saturated heterocycles. The highest BCUT2D eigenvalue weighted by Gasteiger charge is 2.24. The minimum Gasteiger partial charge on any atom is -0.389 e. The molecule has 1 aliphatic rings. The predicted octanol–water partition coefficient (Wildman–Crippen LogP) is 2.91. The molecule has 1 aromatic carbocycles. The molecule has 3 N–H and O–H groups in total. The van der Waals surface area contributed by atoms with Gasteiger partial charge >= 0.3 is 0 Å². The number of benzene rings is 1. The van der Waals surface area contributed by atoms with E-state index in [1.165, 1.54) is 19.3 Å². The summed E-state index contributed by atoms with van der Waals surface area (Å²) in [6.07, 6.45) is 3.82. The summed E-state index contributed by atoms with van der Waals surface area (Å²) in [4.78, 5) is 0.446. The van der Waals surface area contributed by atoms with Crippen LogP contribution in [-0.2, 0) is 0 Å². The topological polar surface area (TPSA) is 41.3 Å². The Morgan fingerprint density at radius 2 is 1.78 bits per heavy atom. The number of hydrogen-bond donors (Lipinski definition) is 2. The average molecular weight is 263 g/mol. The standard InChI is InChI=1S/C14H21N3S/c1-10-4-3-5-11(2)17(10)16-13-8-6-12(7-9-13)14(15)18/h6-11,16H,3-5H2,1-2H3,(H2,15,18). The Bertz CT molecular complexity index is 406. The van der Waals surface area contributed by atoms with Gasteiger partial charge in [0.2, 0.25) is 0 Å². The first-order valence-electron chi connectivity index (χ1n) is 6.53. The molecule has 1 aliphatic heterocycles. The van der Waals surface area contributed by atoms with Crippen molar-refractivity contribution in [2.45, 2.75) is 45.2 Å². The Balaban J connectivity index is 2.06. The second-order valence-corrected chi connectivity index (χ2v) is 5.53. The first kappa shape index (κ1) is 13.3. The van der Waals surface area contributed by atoms with Gasteiger partial charge in [-0.1, -0.05) is 18.6 Å². The lowest BCUT2D eigenvalue weighted by molar-refractivity contribution is 0.136. The molecule has 2 unspecified atom stereocenters. The molecule has 0 aromatic heterocycles. The van der Waals surface area contributed by atoms with E-state index >= 15 is 0 Å². The van der Waals surface area contributed by atoms with Gasteiger partial charge in [-0.3, -0.25) is 0 Å². The Morgan fingerprint density at radius 1 is 1.22 bits per heavy atom. The zero-order valence-corrected chi connectivity index (χ0v) is 11.8. The number of anilines is 1. The summed E-state index contributed by atoms with van der Waals surface area (Å²) >= 11 is 4.95. The summed E-state index contributed by atoms with van der Waals surface area (Å²) in [5, 5.41) is 2.35. The van der Waals surface area contributed by atoms with Crippen LogP contribution < -0.4 is 11.2 Å². The highest BCUT2D eigenvalue weighted by molar-refractivity contribution is 7.80. The molecule has 2 rings (SSSR count). The summed E-state index contributed by atoms with van der Waals surface area (Å²) in [6.45, 7) is 4.54. The van der Waals surface area contributed by atoms with E-state index in [1.54, 1.807) is 0 Å². The first-order chi connectivity index (χ1) is 8.58. The SMILES string of the molecule is CC1CCCC(C)N1Nc1ccc(C(N)=S)cc1. The number of nitrogens with two attached hydrogens (primary N) is 1. The van der Waals surface area contributed by atoms with Crippen LogP contribution in [0.25, 0.3) is 0 Å². The van der Waals surface area contributed by atoms with Gasteiger partial charge in [-0.2, -0.15) is 0 Å². The fraction of sp³-hybridized carbons (Fsp3) is 0.500. The average Bonchev–Trinajstić information content (AvgIpc) is 2.34. The molecule has 3 nitrogen and oxygen atoms in total. The molecule has 0 radical (unpaired) electrons. The van der Waals surface area contributed by atoms with Crippen molar-refractivity contribution in [3.05, 3.63) is 29.8 Å². The minimum atomic E-state index is 0.446. The maximum atomic E-state index is 5.59. The number of hydrogen-bond acceptors (Lipinski definition) is 3. The third kappa shape index (κ3) is 3.00. The molecule has 0 amide bonds. The Kier molecular flexibility index (Phi) is 4.19. The van der Waals surface area contributed by atoms with Crippen molar-refractivity contribution >= 4 is 22.9 Å². The maximum Gasteiger partial charge on any atom is 0.103 e. The molecular weight excluding hydrogens is 242 g/mol. The fourth-order valence-corrected chi connectivity index (χ4v) is 2.64. The zero-order valence-electron chi connectivity index (χ0n) is 11.0. The highest BCUT2D eigenvalue weighted by Crippen LogP contribution is 2.23. The molecule has 1 heterocycles. The van der Waals surface area contributed by atoms with Crippen molar-refractivity contribution in [2.75, 3.05) is 5.43 Å². The van der Waals surface area contributed by atoms with Gasteiger partial charge in [0.15, 0.2) is 0 Å². The predicted molar refractivity (Wildman–Crippen MR) is 80.6 cm³/mol. The highest BCUT2D eigenvalue weighted by atomic mass is 32.1. The lowest BCUT2D eigenvalue weighted by Gasteiger charge is -2.39. The number of piperidine rings is 1. The number of thiocarbonyl (C=S) groups is 1. The number of hydrazine groups is 1. The van der Waals surface area contributed by atoms with Crippen LogP contribution in [0.4, 0.5) is 5.69 Å². The molecule has 98 valence electrons. The van der Waals surface area contributed by atoms with Crippen molar-refractivity contribution in [1.29, 1.82) is 0 Å². The van der Waals surface area contributed by atoms with Gasteiger partial charge in [0, 0.05) is 23.3 Å². The molecule has 2 atom stereocenters. The molecule has 0 saturated carbocycles. The van der Waals surface area contributed by atoms with E-state index in [0.717, 1.165) is 11.3 Å². The van der Waals surface area contributed by atoms with Gasteiger partial charge < -0.3 is 11.2 Å². The van der Waals surface area contributed by atoms with Crippen LogP contribution in [0.2, 0.25) is 0 Å². The molecule has 0 bridgehead atoms. The van der Waals surface area contributed by atoms with E-state index < -0.39 is 0 Å². The number of rotatable bonds is 3. The summed E-state index contributed by atoms with van der Waals surface area (Å²) in [7, 11) is 0. The Labute approximate surface area is 114 Å². The van der Waals surface area contributed by atoms with Crippen LogP contribution in [0.5, 0.6) is 0 Å². The molecule has 0 aliphatic carbocycles. The summed E-state index contributed by atoms with van der Waals surface area (Å²) in [6, 6.07) is 9.13. The smallest absolute Gasteiger partial charge is 0.103 e. The van der Waals surface area contributed by atoms with Crippen molar-refractivity contribution in [3.8, 4) is 0 Å². The number of nitrogens with zero attached hydrogens (tertiary/aromatic N) is 1. The molecule has 4 heteroatoms. The van der Waals surface area contributed by atoms with Gasteiger partial charge in [0.05, 0.1) is 0 Å². The second kappa shape index (κ2) is 5.67. The van der Waals surface area contributed by atoms with E-state index in [0.29, 0.717) is 17.1 Å². The van der Waals surface area contributed by atoms with E-state index in [1.807, 2.05) is 24.3 Å². The van der Waals surface area contributed by atoms with Crippen LogP contribution >= 0.6 is 12.2 Å². The molecule has 1 aromatic rings. The largest absolute Gasteiger partial charge is 0.389 e. The maximum absolute atomic E-state index is 5.59. The molecule has 0 spiro atoms. The van der Waals surface area contributed by atoms with Crippen LogP contribution in [0.15, 0.2) is 24.3 Å². The summed E-state index contributed by atoms with van der Waals surface area (Å²) in [5.41, 5.74) is 11.1. The van der Waals surface area contributed by atoms with E-state index in [9.17, 15) is 0 Å². The van der Waals surface area contributed by atoms with E-state index in [4.69, 9.17) is 18.0 Å². The van der Waals surface area contributed by atoms with Crippen molar-refractivity contribution in [1.82, 2.24) is 5.01 Å². The molecule has 1 fully saturated rings. The molecular formula is C14H21N3S. The Morgan fingerprint density at radius 3 is 2.28 bits per heavy atom. The van der Waals surface area contributed by atoms with Gasteiger partial charge in [-0.25, -0.2) is 5.01 Å². The third-order valence-electron chi connectivity index (χ3n) is 3.62. The van der Waals surface area contributed by atoms with Crippen LogP contribution in [0, 0.1) is 0 Å². The zero-order chi connectivity index (χ0) is 13.1. The molecule has 18 heavy (non-hydrogen) atoms. The van der Waals surface area contributed by atoms with Gasteiger partial charge in [0.25, 0.3) is 0 Å². The first-order valence-corrected chi connectivity index (χ1v) is 6.93. The van der Waals surface area contributed by atoms with E-state index in [2.05, 4.69) is 24.3 Å². The second-order valence-electron chi connectivity index (χ2n) is 5.09. The van der Waals surface area contributed by atoms with Crippen LogP contribution in [-0.4, -0.2) is 22.1 Å². The van der Waals surface area contributed by atoms with Gasteiger partial charge in [0.1, 0.15) is 4.99 Å². The fourth-order valence-electron chi connectivity index (χ4n) is 2.50. The lowest BCUT2D eigenvalue weighted by Crippen LogP contribution is -2.47. The third-order valence-corrected chi connectivity index (χ3v) is 3.86. The number of nitrogens with one attached hydrogen (secondary N) is 1. The van der Waals surface area contributed by atoms with Crippen molar-refractivity contribution in [3.63, 3.8) is 0 Å². The van der Waals surface area contributed by atoms with Crippen LogP contribution in [0.3, 0.4) is 0 Å². The normalized spacial score (nSPS) is 24.8. The Hall–Kier alpha value is -1.13. The lowest BCUT2D eigenvalue weighted by atomic mass is 10.00. The van der Waals surface area contributed by atoms with Crippen molar-refractivity contribution in [2.24, 2.45) is 5.73 Å². The van der Waals surface area contributed by atoms with Crippen LogP contribution in [0.1, 0.15) is 38.7 Å².